The van der Waals surface area contributed by atoms with Crippen LogP contribution in [0.2, 0.25) is 0 Å². The topological polar surface area (TPSA) is 71.8 Å². The van der Waals surface area contributed by atoms with Crippen molar-refractivity contribution in [2.45, 2.75) is 19.4 Å². The number of carbonyl (C=O) groups excluding carboxylic acids is 1. The predicted octanol–water partition coefficient (Wildman–Crippen LogP) is 3.07. The van der Waals surface area contributed by atoms with Gasteiger partial charge in [0.25, 0.3) is 0 Å². The van der Waals surface area contributed by atoms with Crippen molar-refractivity contribution in [1.82, 2.24) is 20.1 Å². The lowest BCUT2D eigenvalue weighted by Gasteiger charge is -2.12. The van der Waals surface area contributed by atoms with Gasteiger partial charge >= 0.3 is 0 Å². The standard InChI is InChI=1S/C16H19N5OS2/c1-4-11-5-6-13(24-11)12-9-23-16(19-12)20-15(22)14(17-2)10-7-18-21(3)8-10/h5-9,14,17H,4H2,1-3H3,(H,19,20,22). The molecule has 3 heterocycles. The Labute approximate surface area is 148 Å². The van der Waals surface area contributed by atoms with E-state index in [0.717, 1.165) is 22.6 Å². The maximum atomic E-state index is 12.5. The normalized spacial score (nSPS) is 12.3. The fraction of sp³-hybridized carbons (Fsp3) is 0.312. The highest BCUT2D eigenvalue weighted by atomic mass is 32.1. The minimum atomic E-state index is -0.459. The minimum Gasteiger partial charge on any atom is -0.305 e. The van der Waals surface area contributed by atoms with Crippen LogP contribution in [0.5, 0.6) is 0 Å². The third kappa shape index (κ3) is 3.55. The summed E-state index contributed by atoms with van der Waals surface area (Å²) in [6.07, 6.45) is 4.53. The first-order chi connectivity index (χ1) is 11.6. The van der Waals surface area contributed by atoms with Crippen molar-refractivity contribution in [2.75, 3.05) is 12.4 Å². The van der Waals surface area contributed by atoms with E-state index in [9.17, 15) is 4.79 Å². The molecule has 0 bridgehead atoms. The number of amides is 1. The highest BCUT2D eigenvalue weighted by Gasteiger charge is 2.21. The van der Waals surface area contributed by atoms with Crippen LogP contribution in [0.3, 0.4) is 0 Å². The third-order valence-electron chi connectivity index (χ3n) is 3.61. The van der Waals surface area contributed by atoms with Crippen molar-refractivity contribution in [2.24, 2.45) is 7.05 Å². The molecule has 3 rings (SSSR count). The third-order valence-corrected chi connectivity index (χ3v) is 5.62. The molecule has 24 heavy (non-hydrogen) atoms. The second kappa shape index (κ2) is 7.25. The van der Waals surface area contributed by atoms with Gasteiger partial charge in [-0.2, -0.15) is 5.10 Å². The molecular weight excluding hydrogens is 342 g/mol. The van der Waals surface area contributed by atoms with Crippen molar-refractivity contribution in [3.05, 3.63) is 40.3 Å². The van der Waals surface area contributed by atoms with Gasteiger partial charge < -0.3 is 10.6 Å². The lowest BCUT2D eigenvalue weighted by molar-refractivity contribution is -0.118. The molecule has 0 radical (unpaired) electrons. The molecule has 0 saturated carbocycles. The Balaban J connectivity index is 1.72. The number of likely N-dealkylation sites (N-methyl/N-ethyl adjacent to an activating group) is 1. The van der Waals surface area contributed by atoms with E-state index < -0.39 is 6.04 Å². The zero-order valence-corrected chi connectivity index (χ0v) is 15.4. The average Bonchev–Trinajstić information content (AvgIpc) is 3.28. The van der Waals surface area contributed by atoms with Gasteiger partial charge in [0.15, 0.2) is 5.13 Å². The maximum absolute atomic E-state index is 12.5. The summed E-state index contributed by atoms with van der Waals surface area (Å²) >= 11 is 3.17. The van der Waals surface area contributed by atoms with Crippen molar-refractivity contribution >= 4 is 33.7 Å². The van der Waals surface area contributed by atoms with Crippen molar-refractivity contribution < 1.29 is 4.79 Å². The molecule has 6 nitrogen and oxygen atoms in total. The molecular formula is C16H19N5OS2. The Bertz CT molecular complexity index is 835. The quantitative estimate of drug-likeness (QED) is 0.708. The molecule has 3 aromatic rings. The molecule has 1 amide bonds. The van der Waals surface area contributed by atoms with Gasteiger partial charge in [0, 0.05) is 29.1 Å². The van der Waals surface area contributed by atoms with E-state index in [1.807, 2.05) is 18.6 Å². The average molecular weight is 361 g/mol. The summed E-state index contributed by atoms with van der Waals surface area (Å²) in [6.45, 7) is 2.14. The molecule has 0 aliphatic carbocycles. The number of nitrogens with zero attached hydrogens (tertiary/aromatic N) is 3. The number of aryl methyl sites for hydroxylation is 2. The van der Waals surface area contributed by atoms with Gasteiger partial charge in [-0.25, -0.2) is 4.98 Å². The first kappa shape index (κ1) is 16.8. The highest BCUT2D eigenvalue weighted by molar-refractivity contribution is 7.17. The zero-order chi connectivity index (χ0) is 17.1. The Morgan fingerprint density at radius 2 is 2.25 bits per heavy atom. The van der Waals surface area contributed by atoms with Gasteiger partial charge in [-0.05, 0) is 25.6 Å². The van der Waals surface area contributed by atoms with Crippen molar-refractivity contribution in [3.8, 4) is 10.6 Å². The number of rotatable bonds is 6. The van der Waals surface area contributed by atoms with Gasteiger partial charge in [0.1, 0.15) is 6.04 Å². The Morgan fingerprint density at radius 3 is 2.88 bits per heavy atom. The van der Waals surface area contributed by atoms with E-state index in [1.165, 1.54) is 16.2 Å². The lowest BCUT2D eigenvalue weighted by Crippen LogP contribution is -2.30. The predicted molar refractivity (Wildman–Crippen MR) is 98.4 cm³/mol. The highest BCUT2D eigenvalue weighted by Crippen LogP contribution is 2.31. The van der Waals surface area contributed by atoms with Crippen LogP contribution in [0.15, 0.2) is 29.9 Å². The number of hydrogen-bond acceptors (Lipinski definition) is 6. The summed E-state index contributed by atoms with van der Waals surface area (Å²) < 4.78 is 1.68. The Kier molecular flexibility index (Phi) is 5.08. The van der Waals surface area contributed by atoms with Crippen LogP contribution in [0.4, 0.5) is 5.13 Å². The van der Waals surface area contributed by atoms with Crippen molar-refractivity contribution in [1.29, 1.82) is 0 Å². The van der Waals surface area contributed by atoms with E-state index in [2.05, 4.69) is 39.8 Å². The number of hydrogen-bond donors (Lipinski definition) is 2. The van der Waals surface area contributed by atoms with Gasteiger partial charge in [-0.1, -0.05) is 6.92 Å². The van der Waals surface area contributed by atoms with Crippen LogP contribution in [0, 0.1) is 0 Å². The molecule has 126 valence electrons. The van der Waals surface area contributed by atoms with Crippen LogP contribution in [0.1, 0.15) is 23.4 Å². The Morgan fingerprint density at radius 1 is 1.42 bits per heavy atom. The molecule has 1 unspecified atom stereocenters. The van der Waals surface area contributed by atoms with Crippen LogP contribution in [-0.4, -0.2) is 27.7 Å². The molecule has 0 saturated heterocycles. The van der Waals surface area contributed by atoms with E-state index in [0.29, 0.717) is 5.13 Å². The summed E-state index contributed by atoms with van der Waals surface area (Å²) in [5.41, 5.74) is 1.72. The summed E-state index contributed by atoms with van der Waals surface area (Å²) in [5.74, 6) is -0.146. The second-order valence-electron chi connectivity index (χ2n) is 5.32. The van der Waals surface area contributed by atoms with Crippen LogP contribution in [-0.2, 0) is 18.3 Å². The molecule has 1 atom stereocenters. The molecule has 0 aliphatic rings. The minimum absolute atomic E-state index is 0.146. The maximum Gasteiger partial charge on any atom is 0.247 e. The number of aromatic nitrogens is 3. The molecule has 3 aromatic heterocycles. The van der Waals surface area contributed by atoms with Gasteiger partial charge in [-0.3, -0.25) is 9.48 Å². The van der Waals surface area contributed by atoms with E-state index >= 15 is 0 Å². The fourth-order valence-electron chi connectivity index (χ4n) is 2.37. The summed E-state index contributed by atoms with van der Waals surface area (Å²) in [6, 6.07) is 3.74. The van der Waals surface area contributed by atoms with Crippen LogP contribution >= 0.6 is 22.7 Å². The van der Waals surface area contributed by atoms with Crippen LogP contribution in [0.25, 0.3) is 10.6 Å². The molecule has 0 aromatic carbocycles. The summed E-state index contributed by atoms with van der Waals surface area (Å²) in [7, 11) is 3.58. The molecule has 0 aliphatic heterocycles. The smallest absolute Gasteiger partial charge is 0.247 e. The second-order valence-corrected chi connectivity index (χ2v) is 7.34. The largest absolute Gasteiger partial charge is 0.305 e. The Hall–Kier alpha value is -2.03. The zero-order valence-electron chi connectivity index (χ0n) is 13.7. The van der Waals surface area contributed by atoms with E-state index in [1.54, 1.807) is 29.3 Å². The first-order valence-corrected chi connectivity index (χ1v) is 9.31. The van der Waals surface area contributed by atoms with Crippen molar-refractivity contribution in [3.63, 3.8) is 0 Å². The molecule has 0 spiro atoms. The molecule has 8 heteroatoms. The number of thiazole rings is 1. The number of anilines is 1. The van der Waals surface area contributed by atoms with Gasteiger partial charge in [0.2, 0.25) is 5.91 Å². The van der Waals surface area contributed by atoms with E-state index in [4.69, 9.17) is 0 Å². The van der Waals surface area contributed by atoms with Crippen LogP contribution < -0.4 is 10.6 Å². The monoisotopic (exact) mass is 361 g/mol. The van der Waals surface area contributed by atoms with Gasteiger partial charge in [0.05, 0.1) is 16.8 Å². The summed E-state index contributed by atoms with van der Waals surface area (Å²) in [5, 5.41) is 12.6. The van der Waals surface area contributed by atoms with E-state index in [-0.39, 0.29) is 5.91 Å². The van der Waals surface area contributed by atoms with Gasteiger partial charge in [-0.15, -0.1) is 22.7 Å². The first-order valence-electron chi connectivity index (χ1n) is 7.62. The number of thiophene rings is 1. The molecule has 2 N–H and O–H groups in total. The lowest BCUT2D eigenvalue weighted by atomic mass is 10.1. The number of carbonyl (C=O) groups is 1. The fourth-order valence-corrected chi connectivity index (χ4v) is 4.06. The SMILES string of the molecule is CCc1ccc(-c2csc(NC(=O)C(NC)c3cnn(C)c3)n2)s1. The number of nitrogens with one attached hydrogen (secondary N) is 2. The molecule has 0 fully saturated rings. The summed E-state index contributed by atoms with van der Waals surface area (Å²) in [4.78, 5) is 19.5.